The van der Waals surface area contributed by atoms with Crippen molar-refractivity contribution >= 4 is 23.3 Å². The SMILES string of the molecule is COc1ccc(CNC(=O)C2CCN(c3ccc(-c4ccc(Cl)cc4)nn3)CC2)cc1. The second-order valence-corrected chi connectivity index (χ2v) is 8.05. The number of benzene rings is 2. The van der Waals surface area contributed by atoms with Crippen molar-refractivity contribution in [2.45, 2.75) is 19.4 Å². The molecule has 0 radical (unpaired) electrons. The number of methoxy groups -OCH3 is 1. The number of piperidine rings is 1. The second-order valence-electron chi connectivity index (χ2n) is 7.61. The number of hydrogen-bond acceptors (Lipinski definition) is 5. The molecule has 1 aromatic heterocycles. The molecule has 6 nitrogen and oxygen atoms in total. The summed E-state index contributed by atoms with van der Waals surface area (Å²) >= 11 is 5.95. The van der Waals surface area contributed by atoms with E-state index in [2.05, 4.69) is 20.4 Å². The van der Waals surface area contributed by atoms with Crippen LogP contribution in [0.1, 0.15) is 18.4 Å². The van der Waals surface area contributed by atoms with Gasteiger partial charge in [0, 0.05) is 36.1 Å². The van der Waals surface area contributed by atoms with Gasteiger partial charge in [0.25, 0.3) is 0 Å². The van der Waals surface area contributed by atoms with E-state index < -0.39 is 0 Å². The molecule has 1 aliphatic rings. The first-order valence-electron chi connectivity index (χ1n) is 10.4. The standard InChI is InChI=1S/C24H25ClN4O2/c1-31-21-8-2-17(3-9-21)16-26-24(30)19-12-14-29(15-13-19)23-11-10-22(27-28-23)18-4-6-20(25)7-5-18/h2-11,19H,12-16H2,1H3,(H,26,30). The minimum Gasteiger partial charge on any atom is -0.497 e. The number of nitrogens with one attached hydrogen (secondary N) is 1. The van der Waals surface area contributed by atoms with Crippen LogP contribution in [0.15, 0.2) is 60.7 Å². The Morgan fingerprint density at radius 1 is 1.03 bits per heavy atom. The fourth-order valence-corrected chi connectivity index (χ4v) is 3.84. The van der Waals surface area contributed by atoms with Gasteiger partial charge >= 0.3 is 0 Å². The lowest BCUT2D eigenvalue weighted by atomic mass is 9.96. The van der Waals surface area contributed by atoms with Crippen molar-refractivity contribution in [3.05, 3.63) is 71.2 Å². The van der Waals surface area contributed by atoms with Gasteiger partial charge in [-0.2, -0.15) is 0 Å². The number of carbonyl (C=O) groups excluding carboxylic acids is 1. The molecule has 0 spiro atoms. The lowest BCUT2D eigenvalue weighted by molar-refractivity contribution is -0.125. The van der Waals surface area contributed by atoms with Crippen LogP contribution in [0.5, 0.6) is 5.75 Å². The van der Waals surface area contributed by atoms with E-state index in [-0.39, 0.29) is 11.8 Å². The summed E-state index contributed by atoms with van der Waals surface area (Å²) in [6.45, 7) is 2.10. The van der Waals surface area contributed by atoms with E-state index in [1.807, 2.05) is 60.7 Å². The number of rotatable bonds is 6. The van der Waals surface area contributed by atoms with Crippen molar-refractivity contribution in [2.75, 3.05) is 25.1 Å². The zero-order chi connectivity index (χ0) is 21.6. The van der Waals surface area contributed by atoms with Gasteiger partial charge in [0.2, 0.25) is 5.91 Å². The summed E-state index contributed by atoms with van der Waals surface area (Å²) in [5.41, 5.74) is 2.85. The Hall–Kier alpha value is -3.12. The van der Waals surface area contributed by atoms with Gasteiger partial charge in [0.15, 0.2) is 5.82 Å². The molecule has 0 bridgehead atoms. The Morgan fingerprint density at radius 2 is 1.74 bits per heavy atom. The number of aromatic nitrogens is 2. The van der Waals surface area contributed by atoms with E-state index in [9.17, 15) is 4.79 Å². The van der Waals surface area contributed by atoms with Crippen LogP contribution < -0.4 is 15.0 Å². The predicted octanol–water partition coefficient (Wildman–Crippen LogP) is 4.34. The fourth-order valence-electron chi connectivity index (χ4n) is 3.72. The predicted molar refractivity (Wildman–Crippen MR) is 122 cm³/mol. The van der Waals surface area contributed by atoms with Crippen LogP contribution in [-0.4, -0.2) is 36.3 Å². The first-order valence-corrected chi connectivity index (χ1v) is 10.8. The molecule has 31 heavy (non-hydrogen) atoms. The monoisotopic (exact) mass is 436 g/mol. The summed E-state index contributed by atoms with van der Waals surface area (Å²) in [4.78, 5) is 14.8. The minimum absolute atomic E-state index is 0.0239. The molecule has 2 heterocycles. The number of halogens is 1. The summed E-state index contributed by atoms with van der Waals surface area (Å²) in [5, 5.41) is 12.5. The summed E-state index contributed by atoms with van der Waals surface area (Å²) in [5.74, 6) is 1.79. The number of nitrogens with zero attached hydrogens (tertiary/aromatic N) is 3. The Kier molecular flexibility index (Phi) is 6.67. The third-order valence-corrected chi connectivity index (χ3v) is 5.86. The third kappa shape index (κ3) is 5.33. The lowest BCUT2D eigenvalue weighted by Gasteiger charge is -2.31. The Balaban J connectivity index is 1.27. The number of carbonyl (C=O) groups is 1. The summed E-state index contributed by atoms with van der Waals surface area (Å²) < 4.78 is 5.16. The fraction of sp³-hybridized carbons (Fsp3) is 0.292. The van der Waals surface area contributed by atoms with E-state index in [1.54, 1.807) is 7.11 Å². The highest BCUT2D eigenvalue weighted by atomic mass is 35.5. The van der Waals surface area contributed by atoms with Crippen molar-refractivity contribution < 1.29 is 9.53 Å². The van der Waals surface area contributed by atoms with E-state index in [1.165, 1.54) is 0 Å². The van der Waals surface area contributed by atoms with Crippen LogP contribution in [-0.2, 0) is 11.3 Å². The Bertz CT molecular complexity index is 999. The topological polar surface area (TPSA) is 67.3 Å². The van der Waals surface area contributed by atoms with E-state index in [4.69, 9.17) is 16.3 Å². The van der Waals surface area contributed by atoms with Crippen molar-refractivity contribution in [1.29, 1.82) is 0 Å². The van der Waals surface area contributed by atoms with Crippen LogP contribution >= 0.6 is 11.6 Å². The van der Waals surface area contributed by atoms with E-state index in [0.717, 1.165) is 54.3 Å². The van der Waals surface area contributed by atoms with Gasteiger partial charge in [-0.1, -0.05) is 35.9 Å². The Labute approximate surface area is 187 Å². The molecule has 1 amide bonds. The van der Waals surface area contributed by atoms with Gasteiger partial charge in [0.05, 0.1) is 12.8 Å². The van der Waals surface area contributed by atoms with Crippen LogP contribution in [0, 0.1) is 5.92 Å². The quantitative estimate of drug-likeness (QED) is 0.622. The highest BCUT2D eigenvalue weighted by Gasteiger charge is 2.25. The Morgan fingerprint density at radius 3 is 2.35 bits per heavy atom. The zero-order valence-electron chi connectivity index (χ0n) is 17.4. The smallest absolute Gasteiger partial charge is 0.223 e. The van der Waals surface area contributed by atoms with Crippen molar-refractivity contribution in [3.8, 4) is 17.0 Å². The van der Waals surface area contributed by atoms with Gasteiger partial charge in [-0.3, -0.25) is 4.79 Å². The molecule has 1 aliphatic heterocycles. The number of amides is 1. The first kappa shape index (κ1) is 21.1. The first-order chi connectivity index (χ1) is 15.1. The summed E-state index contributed by atoms with van der Waals surface area (Å²) in [7, 11) is 1.64. The number of ether oxygens (including phenoxy) is 1. The van der Waals surface area contributed by atoms with Crippen LogP contribution in [0.3, 0.4) is 0 Å². The van der Waals surface area contributed by atoms with Gasteiger partial charge in [0.1, 0.15) is 5.75 Å². The molecule has 1 N–H and O–H groups in total. The largest absolute Gasteiger partial charge is 0.497 e. The molecule has 4 rings (SSSR count). The average Bonchev–Trinajstić information content (AvgIpc) is 2.83. The zero-order valence-corrected chi connectivity index (χ0v) is 18.2. The third-order valence-electron chi connectivity index (χ3n) is 5.61. The highest BCUT2D eigenvalue weighted by Crippen LogP contribution is 2.24. The molecule has 3 aromatic rings. The van der Waals surface area contributed by atoms with Crippen molar-refractivity contribution in [3.63, 3.8) is 0 Å². The second kappa shape index (κ2) is 9.79. The number of anilines is 1. The van der Waals surface area contributed by atoms with Crippen molar-refractivity contribution in [2.24, 2.45) is 5.92 Å². The highest BCUT2D eigenvalue weighted by molar-refractivity contribution is 6.30. The molecule has 0 aliphatic carbocycles. The molecule has 0 unspecified atom stereocenters. The van der Waals surface area contributed by atoms with Gasteiger partial charge in [-0.25, -0.2) is 0 Å². The molecule has 1 fully saturated rings. The summed E-state index contributed by atoms with van der Waals surface area (Å²) in [6, 6.07) is 19.2. The minimum atomic E-state index is 0.0239. The van der Waals surface area contributed by atoms with Crippen LogP contribution in [0.25, 0.3) is 11.3 Å². The van der Waals surface area contributed by atoms with E-state index in [0.29, 0.717) is 11.6 Å². The molecule has 0 saturated carbocycles. The summed E-state index contributed by atoms with van der Waals surface area (Å²) in [6.07, 6.45) is 1.60. The molecule has 7 heteroatoms. The van der Waals surface area contributed by atoms with Crippen molar-refractivity contribution in [1.82, 2.24) is 15.5 Å². The maximum absolute atomic E-state index is 12.6. The number of hydrogen-bond donors (Lipinski definition) is 1. The molecule has 1 saturated heterocycles. The molecular formula is C24H25ClN4O2. The van der Waals surface area contributed by atoms with Crippen LogP contribution in [0.4, 0.5) is 5.82 Å². The normalized spacial score (nSPS) is 14.3. The maximum Gasteiger partial charge on any atom is 0.223 e. The van der Waals surface area contributed by atoms with E-state index >= 15 is 0 Å². The molecular weight excluding hydrogens is 412 g/mol. The van der Waals surface area contributed by atoms with Gasteiger partial charge in [-0.05, 0) is 54.8 Å². The molecule has 2 aromatic carbocycles. The van der Waals surface area contributed by atoms with Crippen LogP contribution in [0.2, 0.25) is 5.02 Å². The average molecular weight is 437 g/mol. The maximum atomic E-state index is 12.6. The molecule has 0 atom stereocenters. The van der Waals surface area contributed by atoms with Gasteiger partial charge in [-0.15, -0.1) is 10.2 Å². The molecule has 160 valence electrons. The lowest BCUT2D eigenvalue weighted by Crippen LogP contribution is -2.40. The van der Waals surface area contributed by atoms with Gasteiger partial charge < -0.3 is 15.0 Å².